The molecule has 0 aromatic carbocycles. The summed E-state index contributed by atoms with van der Waals surface area (Å²) in [6, 6.07) is 0. The highest BCUT2D eigenvalue weighted by atomic mass is 19.4. The molecule has 1 unspecified atom stereocenters. The van der Waals surface area contributed by atoms with Crippen LogP contribution in [0.4, 0.5) is 13.2 Å². The molecule has 1 aromatic rings. The lowest BCUT2D eigenvalue weighted by atomic mass is 10.1. The molecule has 1 aliphatic rings. The fourth-order valence-electron chi connectivity index (χ4n) is 2.22. The molecular weight excluding hydrogens is 259 g/mol. The highest BCUT2D eigenvalue weighted by Crippen LogP contribution is 2.35. The van der Waals surface area contributed by atoms with Crippen LogP contribution >= 0.6 is 0 Å². The molecule has 4 nitrogen and oxygen atoms in total. The van der Waals surface area contributed by atoms with E-state index in [9.17, 15) is 13.2 Å². The minimum absolute atomic E-state index is 0.00139. The number of nitrogens with zero attached hydrogens (tertiary/aromatic N) is 2. The molecule has 0 saturated heterocycles. The van der Waals surface area contributed by atoms with Crippen molar-refractivity contribution in [3.8, 4) is 0 Å². The van der Waals surface area contributed by atoms with Crippen LogP contribution in [0.25, 0.3) is 0 Å². The van der Waals surface area contributed by atoms with Gasteiger partial charge in [0.05, 0.1) is 5.69 Å². The lowest BCUT2D eigenvalue weighted by molar-refractivity contribution is -0.142. The average molecular weight is 275 g/mol. The number of aromatic nitrogens is 2. The number of halogens is 3. The van der Waals surface area contributed by atoms with Crippen LogP contribution in [0.5, 0.6) is 0 Å². The summed E-state index contributed by atoms with van der Waals surface area (Å²) >= 11 is 0. The molecule has 1 atom stereocenters. The van der Waals surface area contributed by atoms with Crippen molar-refractivity contribution in [3.05, 3.63) is 22.8 Å². The molecule has 1 aliphatic heterocycles. The topological polar surface area (TPSA) is 47.0 Å². The van der Waals surface area contributed by atoms with Gasteiger partial charge >= 0.3 is 6.18 Å². The zero-order valence-electron chi connectivity index (χ0n) is 11.0. The summed E-state index contributed by atoms with van der Waals surface area (Å²) in [5.41, 5.74) is -0.282. The van der Waals surface area contributed by atoms with Gasteiger partial charge in [0, 0.05) is 25.8 Å². The van der Waals surface area contributed by atoms with Gasteiger partial charge in [0.2, 0.25) is 0 Å². The van der Waals surface area contributed by atoms with Gasteiger partial charge in [0.25, 0.3) is 0 Å². The quantitative estimate of drug-likeness (QED) is 0.920. The van der Waals surface area contributed by atoms with Crippen LogP contribution < -0.4 is 5.32 Å². The van der Waals surface area contributed by atoms with Crippen molar-refractivity contribution in [2.45, 2.75) is 39.2 Å². The zero-order chi connectivity index (χ0) is 14.2. The first-order valence-electron chi connectivity index (χ1n) is 6.05. The predicted octanol–water partition coefficient (Wildman–Crippen LogP) is 2.44. The molecule has 19 heavy (non-hydrogen) atoms. The van der Waals surface area contributed by atoms with Crippen LogP contribution in [0.2, 0.25) is 0 Å². The van der Waals surface area contributed by atoms with Gasteiger partial charge in [-0.25, -0.2) is 9.97 Å². The number of ether oxygens (including phenoxy) is 1. The van der Waals surface area contributed by atoms with Crippen molar-refractivity contribution in [3.63, 3.8) is 0 Å². The third-order valence-corrected chi connectivity index (χ3v) is 3.09. The van der Waals surface area contributed by atoms with Gasteiger partial charge < -0.3 is 10.1 Å². The smallest absolute Gasteiger partial charge is 0.373 e. The zero-order valence-corrected chi connectivity index (χ0v) is 11.0. The predicted molar refractivity (Wildman–Crippen MR) is 62.2 cm³/mol. The van der Waals surface area contributed by atoms with Crippen molar-refractivity contribution < 1.29 is 17.9 Å². The molecule has 0 saturated carbocycles. The first kappa shape index (κ1) is 14.2. The highest BCUT2D eigenvalue weighted by molar-refractivity contribution is 5.31. The third kappa shape index (κ3) is 2.71. The maximum Gasteiger partial charge on any atom is 0.433 e. The number of alkyl halides is 3. The monoisotopic (exact) mass is 275 g/mol. The number of methoxy groups -OCH3 is 1. The molecule has 2 heterocycles. The maximum absolute atomic E-state index is 13.0. The van der Waals surface area contributed by atoms with Crippen molar-refractivity contribution in [2.75, 3.05) is 7.11 Å². The first-order valence-corrected chi connectivity index (χ1v) is 6.05. The average Bonchev–Trinajstić information content (AvgIpc) is 2.74. The van der Waals surface area contributed by atoms with Crippen molar-refractivity contribution in [1.29, 1.82) is 0 Å². The number of hydrogen-bond acceptors (Lipinski definition) is 4. The lowest BCUT2D eigenvalue weighted by Gasteiger charge is -2.20. The summed E-state index contributed by atoms with van der Waals surface area (Å²) in [5, 5.41) is 2.87. The Morgan fingerprint density at radius 2 is 1.89 bits per heavy atom. The molecule has 2 rings (SSSR count). The SMILES string of the molecule is COC(c1nc2c(c(C(F)(F)F)n1)CNC2)C(C)C. The molecule has 7 heteroatoms. The summed E-state index contributed by atoms with van der Waals surface area (Å²) in [7, 11) is 1.45. The van der Waals surface area contributed by atoms with E-state index in [0.717, 1.165) is 0 Å². The van der Waals surface area contributed by atoms with Crippen molar-refractivity contribution in [2.24, 2.45) is 5.92 Å². The molecule has 106 valence electrons. The Kier molecular flexibility index (Phi) is 3.78. The Bertz CT molecular complexity index is 474. The molecule has 1 N–H and O–H groups in total. The van der Waals surface area contributed by atoms with Gasteiger partial charge in [-0.3, -0.25) is 0 Å². The van der Waals surface area contributed by atoms with E-state index >= 15 is 0 Å². The second kappa shape index (κ2) is 5.05. The molecule has 1 aromatic heterocycles. The van der Waals surface area contributed by atoms with Crippen LogP contribution in [-0.4, -0.2) is 17.1 Å². The van der Waals surface area contributed by atoms with E-state index in [1.165, 1.54) is 7.11 Å². The molecule has 0 spiro atoms. The van der Waals surface area contributed by atoms with E-state index in [1.807, 2.05) is 13.8 Å². The largest absolute Gasteiger partial charge is 0.433 e. The maximum atomic E-state index is 13.0. The molecule has 0 amide bonds. The van der Waals surface area contributed by atoms with Crippen molar-refractivity contribution >= 4 is 0 Å². The summed E-state index contributed by atoms with van der Waals surface area (Å²) in [6.07, 6.45) is -5.00. The fourth-order valence-corrected chi connectivity index (χ4v) is 2.22. The highest BCUT2D eigenvalue weighted by Gasteiger charge is 2.39. The van der Waals surface area contributed by atoms with E-state index < -0.39 is 18.0 Å². The molecule has 0 fully saturated rings. The Balaban J connectivity index is 2.53. The van der Waals surface area contributed by atoms with E-state index in [2.05, 4.69) is 15.3 Å². The van der Waals surface area contributed by atoms with Crippen LogP contribution in [0.3, 0.4) is 0 Å². The Hall–Kier alpha value is -1.21. The number of rotatable bonds is 3. The van der Waals surface area contributed by atoms with Crippen LogP contribution in [0.1, 0.15) is 42.7 Å². The number of nitrogens with one attached hydrogen (secondary N) is 1. The molecular formula is C12H16F3N3O. The van der Waals surface area contributed by atoms with E-state index in [1.54, 1.807) is 0 Å². The first-order chi connectivity index (χ1) is 8.84. The van der Waals surface area contributed by atoms with E-state index in [4.69, 9.17) is 4.74 Å². The minimum Gasteiger partial charge on any atom is -0.373 e. The van der Waals surface area contributed by atoms with E-state index in [-0.39, 0.29) is 23.9 Å². The standard InChI is InChI=1S/C12H16F3N3O/c1-6(2)9(19-3)11-17-8-5-16-4-7(8)10(18-11)12(13,14)15/h6,9,16H,4-5H2,1-3H3. The number of fused-ring (bicyclic) bond motifs is 1. The van der Waals surface area contributed by atoms with Gasteiger partial charge in [-0.2, -0.15) is 13.2 Å². The Labute approximate surface area is 109 Å². The third-order valence-electron chi connectivity index (χ3n) is 3.09. The normalized spacial score (nSPS) is 16.8. The van der Waals surface area contributed by atoms with Crippen molar-refractivity contribution in [1.82, 2.24) is 15.3 Å². The van der Waals surface area contributed by atoms with Gasteiger partial charge in [-0.15, -0.1) is 0 Å². The Morgan fingerprint density at radius 3 is 2.42 bits per heavy atom. The summed E-state index contributed by atoms with van der Waals surface area (Å²) in [5.74, 6) is 0.103. The summed E-state index contributed by atoms with van der Waals surface area (Å²) in [4.78, 5) is 7.93. The second-order valence-corrected chi connectivity index (χ2v) is 4.86. The van der Waals surface area contributed by atoms with Gasteiger partial charge in [0.1, 0.15) is 6.10 Å². The Morgan fingerprint density at radius 1 is 1.21 bits per heavy atom. The van der Waals surface area contributed by atoms with Gasteiger partial charge in [-0.1, -0.05) is 13.8 Å². The fraction of sp³-hybridized carbons (Fsp3) is 0.667. The summed E-state index contributed by atoms with van der Waals surface area (Å²) < 4.78 is 44.3. The van der Waals surface area contributed by atoms with E-state index in [0.29, 0.717) is 12.2 Å². The van der Waals surface area contributed by atoms with Crippen LogP contribution in [0, 0.1) is 5.92 Å². The molecule has 0 bridgehead atoms. The lowest BCUT2D eigenvalue weighted by Crippen LogP contribution is -2.20. The second-order valence-electron chi connectivity index (χ2n) is 4.86. The summed E-state index contributed by atoms with van der Waals surface area (Å²) in [6.45, 7) is 4.21. The minimum atomic E-state index is -4.47. The van der Waals surface area contributed by atoms with Gasteiger partial charge in [0.15, 0.2) is 11.5 Å². The molecule has 0 aliphatic carbocycles. The van der Waals surface area contributed by atoms with Gasteiger partial charge in [-0.05, 0) is 5.92 Å². The number of hydrogen-bond donors (Lipinski definition) is 1. The van der Waals surface area contributed by atoms with Crippen LogP contribution in [0.15, 0.2) is 0 Å². The molecule has 0 radical (unpaired) electrons. The van der Waals surface area contributed by atoms with Crippen LogP contribution in [-0.2, 0) is 24.0 Å².